The standard InChI is InChI=1S/C19H21N3O3/c1-11(2)7-14-9-16(22(4)21-14)19(24)20-13-5-6-15-12(3)8-18(23)25-17(15)10-13/h5-6,8-11H,7H2,1-4H3,(H,20,24). The summed E-state index contributed by atoms with van der Waals surface area (Å²) in [5.41, 5.74) is 2.84. The van der Waals surface area contributed by atoms with Gasteiger partial charge in [-0.3, -0.25) is 9.48 Å². The predicted octanol–water partition coefficient (Wildman–Crippen LogP) is 3.29. The minimum atomic E-state index is -0.404. The molecule has 2 heterocycles. The molecule has 0 bridgehead atoms. The van der Waals surface area contributed by atoms with E-state index in [1.807, 2.05) is 13.0 Å². The largest absolute Gasteiger partial charge is 0.423 e. The van der Waals surface area contributed by atoms with Gasteiger partial charge in [0.2, 0.25) is 0 Å². The Hall–Kier alpha value is -2.89. The van der Waals surface area contributed by atoms with Gasteiger partial charge in [-0.2, -0.15) is 5.10 Å². The van der Waals surface area contributed by atoms with E-state index in [-0.39, 0.29) is 5.91 Å². The van der Waals surface area contributed by atoms with E-state index in [0.717, 1.165) is 23.1 Å². The second kappa shape index (κ2) is 6.55. The maximum atomic E-state index is 12.5. The third-order valence-corrected chi connectivity index (χ3v) is 3.99. The highest BCUT2D eigenvalue weighted by Gasteiger charge is 2.15. The van der Waals surface area contributed by atoms with E-state index < -0.39 is 5.63 Å². The van der Waals surface area contributed by atoms with Crippen molar-refractivity contribution in [2.24, 2.45) is 13.0 Å². The normalized spacial score (nSPS) is 11.2. The van der Waals surface area contributed by atoms with Crippen LogP contribution < -0.4 is 10.9 Å². The number of hydrogen-bond donors (Lipinski definition) is 1. The molecule has 0 aliphatic heterocycles. The highest BCUT2D eigenvalue weighted by Crippen LogP contribution is 2.21. The minimum absolute atomic E-state index is 0.251. The zero-order valence-electron chi connectivity index (χ0n) is 14.8. The molecule has 6 nitrogen and oxygen atoms in total. The van der Waals surface area contributed by atoms with Gasteiger partial charge in [0.05, 0.1) is 5.69 Å². The van der Waals surface area contributed by atoms with Crippen LogP contribution in [0, 0.1) is 12.8 Å². The maximum absolute atomic E-state index is 12.5. The van der Waals surface area contributed by atoms with Gasteiger partial charge < -0.3 is 9.73 Å². The number of nitrogens with zero attached hydrogens (tertiary/aromatic N) is 2. The molecular formula is C19H21N3O3. The first-order valence-electron chi connectivity index (χ1n) is 8.22. The van der Waals surface area contributed by atoms with Crippen molar-refractivity contribution in [1.29, 1.82) is 0 Å². The van der Waals surface area contributed by atoms with Crippen molar-refractivity contribution in [2.75, 3.05) is 5.32 Å². The lowest BCUT2D eigenvalue weighted by Gasteiger charge is -2.07. The van der Waals surface area contributed by atoms with Gasteiger partial charge in [-0.15, -0.1) is 0 Å². The number of fused-ring (bicyclic) bond motifs is 1. The molecule has 0 radical (unpaired) electrons. The monoisotopic (exact) mass is 339 g/mol. The van der Waals surface area contributed by atoms with Gasteiger partial charge >= 0.3 is 5.63 Å². The molecule has 3 rings (SSSR count). The van der Waals surface area contributed by atoms with E-state index in [2.05, 4.69) is 24.3 Å². The molecular weight excluding hydrogens is 318 g/mol. The van der Waals surface area contributed by atoms with Crippen LogP contribution >= 0.6 is 0 Å². The molecule has 1 aromatic carbocycles. The number of aryl methyl sites for hydroxylation is 2. The van der Waals surface area contributed by atoms with Gasteiger partial charge in [0.15, 0.2) is 0 Å². The molecule has 2 aromatic heterocycles. The molecule has 0 fully saturated rings. The van der Waals surface area contributed by atoms with Crippen LogP contribution in [0.1, 0.15) is 35.6 Å². The van der Waals surface area contributed by atoms with Crippen molar-refractivity contribution >= 4 is 22.6 Å². The van der Waals surface area contributed by atoms with Crippen LogP contribution in [-0.2, 0) is 13.5 Å². The molecule has 25 heavy (non-hydrogen) atoms. The lowest BCUT2D eigenvalue weighted by Crippen LogP contribution is -2.16. The number of anilines is 1. The van der Waals surface area contributed by atoms with Gasteiger partial charge in [0, 0.05) is 30.3 Å². The summed E-state index contributed by atoms with van der Waals surface area (Å²) in [6.45, 7) is 6.07. The molecule has 0 saturated carbocycles. The number of benzene rings is 1. The summed E-state index contributed by atoms with van der Waals surface area (Å²) in [5, 5.41) is 8.06. The van der Waals surface area contributed by atoms with E-state index in [4.69, 9.17) is 4.42 Å². The first kappa shape index (κ1) is 17.0. The third-order valence-electron chi connectivity index (χ3n) is 3.99. The second-order valence-corrected chi connectivity index (χ2v) is 6.66. The smallest absolute Gasteiger partial charge is 0.336 e. The van der Waals surface area contributed by atoms with E-state index in [1.165, 1.54) is 6.07 Å². The predicted molar refractivity (Wildman–Crippen MR) is 96.9 cm³/mol. The fraction of sp³-hybridized carbons (Fsp3) is 0.316. The third kappa shape index (κ3) is 3.63. The van der Waals surface area contributed by atoms with E-state index >= 15 is 0 Å². The summed E-state index contributed by atoms with van der Waals surface area (Å²) in [4.78, 5) is 24.1. The summed E-state index contributed by atoms with van der Waals surface area (Å²) >= 11 is 0. The molecule has 0 atom stereocenters. The first-order chi connectivity index (χ1) is 11.8. The Morgan fingerprint density at radius 1 is 1.28 bits per heavy atom. The summed E-state index contributed by atoms with van der Waals surface area (Å²) in [6.07, 6.45) is 0.821. The minimum Gasteiger partial charge on any atom is -0.423 e. The molecule has 6 heteroatoms. The number of carbonyl (C=O) groups excluding carboxylic acids is 1. The van der Waals surface area contributed by atoms with Crippen molar-refractivity contribution < 1.29 is 9.21 Å². The van der Waals surface area contributed by atoms with Crippen LogP contribution in [0.15, 0.2) is 39.5 Å². The Morgan fingerprint density at radius 2 is 2.04 bits per heavy atom. The number of carbonyl (C=O) groups is 1. The summed E-state index contributed by atoms with van der Waals surface area (Å²) in [5.74, 6) is 0.219. The number of rotatable bonds is 4. The Balaban J connectivity index is 1.87. The Bertz CT molecular complexity index is 999. The van der Waals surface area contributed by atoms with Crippen molar-refractivity contribution in [3.05, 3.63) is 57.7 Å². The quantitative estimate of drug-likeness (QED) is 0.740. The maximum Gasteiger partial charge on any atom is 0.336 e. The van der Waals surface area contributed by atoms with E-state index in [1.54, 1.807) is 29.9 Å². The number of amides is 1. The van der Waals surface area contributed by atoms with Crippen LogP contribution in [0.2, 0.25) is 0 Å². The molecule has 0 saturated heterocycles. The fourth-order valence-corrected chi connectivity index (χ4v) is 2.85. The van der Waals surface area contributed by atoms with Gasteiger partial charge in [-0.1, -0.05) is 13.8 Å². The number of nitrogens with one attached hydrogen (secondary N) is 1. The molecule has 0 unspecified atom stereocenters. The summed E-state index contributed by atoms with van der Waals surface area (Å²) in [7, 11) is 1.75. The topological polar surface area (TPSA) is 77.1 Å². The van der Waals surface area contributed by atoms with Gasteiger partial charge in [0.25, 0.3) is 5.91 Å². The highest BCUT2D eigenvalue weighted by atomic mass is 16.4. The molecule has 3 aromatic rings. The zero-order valence-corrected chi connectivity index (χ0v) is 14.8. The molecule has 1 amide bonds. The van der Waals surface area contributed by atoms with Gasteiger partial charge in [-0.25, -0.2) is 4.79 Å². The lowest BCUT2D eigenvalue weighted by atomic mass is 10.1. The fourth-order valence-electron chi connectivity index (χ4n) is 2.85. The first-order valence-corrected chi connectivity index (χ1v) is 8.22. The van der Waals surface area contributed by atoms with Crippen LogP contribution in [0.4, 0.5) is 5.69 Å². The summed E-state index contributed by atoms with van der Waals surface area (Å²) in [6, 6.07) is 8.54. The number of aromatic nitrogens is 2. The van der Waals surface area contributed by atoms with Gasteiger partial charge in [-0.05, 0) is 43.0 Å². The van der Waals surface area contributed by atoms with Crippen LogP contribution in [-0.4, -0.2) is 15.7 Å². The zero-order chi connectivity index (χ0) is 18.1. The van der Waals surface area contributed by atoms with Crippen molar-refractivity contribution in [1.82, 2.24) is 9.78 Å². The second-order valence-electron chi connectivity index (χ2n) is 6.66. The van der Waals surface area contributed by atoms with Crippen LogP contribution in [0.3, 0.4) is 0 Å². The average Bonchev–Trinajstić information content (AvgIpc) is 2.86. The molecule has 130 valence electrons. The number of hydrogen-bond acceptors (Lipinski definition) is 4. The Kier molecular flexibility index (Phi) is 4.44. The van der Waals surface area contributed by atoms with E-state index in [9.17, 15) is 9.59 Å². The Labute approximate surface area is 145 Å². The lowest BCUT2D eigenvalue weighted by molar-refractivity contribution is 0.101. The molecule has 1 N–H and O–H groups in total. The molecule has 0 aliphatic rings. The molecule has 0 spiro atoms. The molecule has 0 aliphatic carbocycles. The van der Waals surface area contributed by atoms with Crippen molar-refractivity contribution in [3.63, 3.8) is 0 Å². The average molecular weight is 339 g/mol. The van der Waals surface area contributed by atoms with Crippen molar-refractivity contribution in [3.8, 4) is 0 Å². The van der Waals surface area contributed by atoms with E-state index in [0.29, 0.717) is 22.9 Å². The highest BCUT2D eigenvalue weighted by molar-refractivity contribution is 6.04. The SMILES string of the molecule is Cc1cc(=O)oc2cc(NC(=O)c3cc(CC(C)C)nn3C)ccc12. The van der Waals surface area contributed by atoms with Gasteiger partial charge in [0.1, 0.15) is 11.3 Å². The van der Waals surface area contributed by atoms with Crippen molar-refractivity contribution in [2.45, 2.75) is 27.2 Å². The Morgan fingerprint density at radius 3 is 2.76 bits per heavy atom. The van der Waals surface area contributed by atoms with Crippen LogP contribution in [0.25, 0.3) is 11.0 Å². The van der Waals surface area contributed by atoms with Crippen LogP contribution in [0.5, 0.6) is 0 Å². The summed E-state index contributed by atoms with van der Waals surface area (Å²) < 4.78 is 6.80.